The zero-order valence-electron chi connectivity index (χ0n) is 9.75. The summed E-state index contributed by atoms with van der Waals surface area (Å²) in [6, 6.07) is 14.1. The molecule has 0 radical (unpaired) electrons. The molecule has 0 aromatic heterocycles. The van der Waals surface area contributed by atoms with Crippen molar-refractivity contribution in [2.24, 2.45) is 0 Å². The highest BCUT2D eigenvalue weighted by Crippen LogP contribution is 2.33. The number of nitrogens with one attached hydrogen (secondary N) is 1. The van der Waals surface area contributed by atoms with Crippen LogP contribution in [0.1, 0.15) is 17.2 Å². The van der Waals surface area contributed by atoms with E-state index in [1.807, 2.05) is 43.4 Å². The smallest absolute Gasteiger partial charge is 0.0600 e. The Morgan fingerprint density at radius 1 is 1.06 bits per heavy atom. The lowest BCUT2D eigenvalue weighted by Gasteiger charge is -2.20. The highest BCUT2D eigenvalue weighted by atomic mass is 79.9. The fraction of sp³-hybridized carbons (Fsp3) is 0.143. The molecule has 1 nitrogen and oxygen atoms in total. The van der Waals surface area contributed by atoms with Gasteiger partial charge in [-0.05, 0) is 42.4 Å². The molecule has 0 saturated heterocycles. The van der Waals surface area contributed by atoms with E-state index in [1.165, 1.54) is 0 Å². The van der Waals surface area contributed by atoms with Crippen LogP contribution in [-0.4, -0.2) is 7.05 Å². The zero-order valence-corrected chi connectivity index (χ0v) is 13.7. The normalized spacial score (nSPS) is 12.4. The molecular weight excluding hydrogens is 377 g/mol. The lowest BCUT2D eigenvalue weighted by atomic mass is 9.99. The maximum atomic E-state index is 6.27. The summed E-state index contributed by atoms with van der Waals surface area (Å²) in [6.07, 6.45) is 0. The topological polar surface area (TPSA) is 12.0 Å². The van der Waals surface area contributed by atoms with Crippen LogP contribution in [0.25, 0.3) is 0 Å². The Balaban J connectivity index is 2.52. The zero-order chi connectivity index (χ0) is 13.1. The van der Waals surface area contributed by atoms with E-state index in [2.05, 4.69) is 43.2 Å². The van der Waals surface area contributed by atoms with Gasteiger partial charge in [0, 0.05) is 14.0 Å². The van der Waals surface area contributed by atoms with E-state index in [-0.39, 0.29) is 6.04 Å². The number of hydrogen-bond acceptors (Lipinski definition) is 1. The molecule has 2 rings (SSSR count). The Kier molecular flexibility index (Phi) is 4.84. The Bertz CT molecular complexity index is 557. The molecule has 0 aliphatic rings. The van der Waals surface area contributed by atoms with Crippen LogP contribution in [-0.2, 0) is 0 Å². The van der Waals surface area contributed by atoms with Crippen LogP contribution in [0.15, 0.2) is 51.4 Å². The second kappa shape index (κ2) is 6.20. The quantitative estimate of drug-likeness (QED) is 0.763. The lowest BCUT2D eigenvalue weighted by molar-refractivity contribution is 0.689. The molecule has 4 heteroatoms. The van der Waals surface area contributed by atoms with Crippen molar-refractivity contribution in [3.8, 4) is 0 Å². The average molecular weight is 390 g/mol. The summed E-state index contributed by atoms with van der Waals surface area (Å²) < 4.78 is 2.11. The number of halogens is 3. The summed E-state index contributed by atoms with van der Waals surface area (Å²) >= 11 is 13.4. The van der Waals surface area contributed by atoms with Crippen molar-refractivity contribution in [3.63, 3.8) is 0 Å². The second-order valence-electron chi connectivity index (χ2n) is 3.91. The molecule has 2 aromatic carbocycles. The highest BCUT2D eigenvalue weighted by Gasteiger charge is 2.17. The number of benzene rings is 2. The molecule has 0 aliphatic heterocycles. The van der Waals surface area contributed by atoms with E-state index >= 15 is 0 Å². The maximum absolute atomic E-state index is 6.27. The molecule has 0 spiro atoms. The predicted molar refractivity (Wildman–Crippen MR) is 84.2 cm³/mol. The van der Waals surface area contributed by atoms with E-state index in [9.17, 15) is 0 Å². The fourth-order valence-corrected chi connectivity index (χ4v) is 3.02. The van der Waals surface area contributed by atoms with Gasteiger partial charge in [0.15, 0.2) is 0 Å². The standard InChI is InChI=1S/C14H12Br2ClN/c1-18-14(10-4-2-3-5-13(10)17)11-8-9(15)6-7-12(11)16/h2-8,14,18H,1H3. The van der Waals surface area contributed by atoms with E-state index in [0.717, 1.165) is 25.1 Å². The van der Waals surface area contributed by atoms with Gasteiger partial charge in [-0.2, -0.15) is 0 Å². The first-order valence-corrected chi connectivity index (χ1v) is 7.46. The molecule has 0 fully saturated rings. The van der Waals surface area contributed by atoms with Gasteiger partial charge in [-0.3, -0.25) is 0 Å². The van der Waals surface area contributed by atoms with Gasteiger partial charge in [-0.15, -0.1) is 0 Å². The van der Waals surface area contributed by atoms with E-state index in [0.29, 0.717) is 0 Å². The summed E-state index contributed by atoms with van der Waals surface area (Å²) in [5, 5.41) is 4.08. The molecule has 0 bridgehead atoms. The molecular formula is C14H12Br2ClN. The van der Waals surface area contributed by atoms with Gasteiger partial charge in [0.2, 0.25) is 0 Å². The molecule has 2 aromatic rings. The Hall–Kier alpha value is -0.350. The molecule has 0 aliphatic carbocycles. The summed E-state index contributed by atoms with van der Waals surface area (Å²) in [5.41, 5.74) is 2.22. The van der Waals surface area contributed by atoms with Crippen molar-refractivity contribution in [2.45, 2.75) is 6.04 Å². The van der Waals surface area contributed by atoms with Crippen LogP contribution in [0.4, 0.5) is 0 Å². The second-order valence-corrected chi connectivity index (χ2v) is 6.09. The van der Waals surface area contributed by atoms with Crippen molar-refractivity contribution in [3.05, 3.63) is 67.6 Å². The van der Waals surface area contributed by atoms with Gasteiger partial charge < -0.3 is 5.32 Å². The molecule has 0 amide bonds. The average Bonchev–Trinajstić information content (AvgIpc) is 2.36. The first kappa shape index (κ1) is 14.1. The molecule has 1 N–H and O–H groups in total. The molecule has 1 unspecified atom stereocenters. The van der Waals surface area contributed by atoms with Crippen LogP contribution in [0.2, 0.25) is 5.02 Å². The summed E-state index contributed by atoms with van der Waals surface area (Å²) in [4.78, 5) is 0. The van der Waals surface area contributed by atoms with Crippen molar-refractivity contribution in [2.75, 3.05) is 7.05 Å². The largest absolute Gasteiger partial charge is 0.309 e. The third-order valence-electron chi connectivity index (χ3n) is 2.77. The SMILES string of the molecule is CNC(c1ccccc1Cl)c1cc(Br)ccc1Br. The Labute approximate surface area is 129 Å². The minimum atomic E-state index is 0.0607. The van der Waals surface area contributed by atoms with Gasteiger partial charge in [0.05, 0.1) is 6.04 Å². The van der Waals surface area contributed by atoms with E-state index in [4.69, 9.17) is 11.6 Å². The maximum Gasteiger partial charge on any atom is 0.0600 e. The fourth-order valence-electron chi connectivity index (χ4n) is 1.92. The third kappa shape index (κ3) is 2.97. The number of rotatable bonds is 3. The van der Waals surface area contributed by atoms with Crippen molar-refractivity contribution >= 4 is 43.5 Å². The van der Waals surface area contributed by atoms with E-state index in [1.54, 1.807) is 0 Å². The summed E-state index contributed by atoms with van der Waals surface area (Å²) in [6.45, 7) is 0. The third-order valence-corrected chi connectivity index (χ3v) is 4.33. The molecule has 0 heterocycles. The lowest BCUT2D eigenvalue weighted by Crippen LogP contribution is -2.18. The van der Waals surface area contributed by atoms with Crippen LogP contribution in [0.5, 0.6) is 0 Å². The Morgan fingerprint density at radius 3 is 2.44 bits per heavy atom. The van der Waals surface area contributed by atoms with Gasteiger partial charge in [-0.25, -0.2) is 0 Å². The van der Waals surface area contributed by atoms with Gasteiger partial charge in [0.25, 0.3) is 0 Å². The van der Waals surface area contributed by atoms with Crippen LogP contribution in [0.3, 0.4) is 0 Å². The van der Waals surface area contributed by atoms with Gasteiger partial charge in [0.1, 0.15) is 0 Å². The van der Waals surface area contributed by atoms with Crippen LogP contribution in [0, 0.1) is 0 Å². The van der Waals surface area contributed by atoms with Crippen LogP contribution < -0.4 is 5.32 Å². The van der Waals surface area contributed by atoms with Crippen molar-refractivity contribution in [1.82, 2.24) is 5.32 Å². The summed E-state index contributed by atoms with van der Waals surface area (Å²) in [5.74, 6) is 0. The van der Waals surface area contributed by atoms with Crippen LogP contribution >= 0.6 is 43.5 Å². The minimum Gasteiger partial charge on any atom is -0.309 e. The monoisotopic (exact) mass is 387 g/mol. The first-order chi connectivity index (χ1) is 8.63. The number of hydrogen-bond donors (Lipinski definition) is 1. The molecule has 1 atom stereocenters. The summed E-state index contributed by atoms with van der Waals surface area (Å²) in [7, 11) is 1.93. The van der Waals surface area contributed by atoms with E-state index < -0.39 is 0 Å². The molecule has 0 saturated carbocycles. The highest BCUT2D eigenvalue weighted by molar-refractivity contribution is 9.11. The van der Waals surface area contributed by atoms with Crippen molar-refractivity contribution in [1.29, 1.82) is 0 Å². The van der Waals surface area contributed by atoms with Gasteiger partial charge >= 0.3 is 0 Å². The molecule has 18 heavy (non-hydrogen) atoms. The van der Waals surface area contributed by atoms with Crippen molar-refractivity contribution < 1.29 is 0 Å². The minimum absolute atomic E-state index is 0.0607. The predicted octanol–water partition coefficient (Wildman–Crippen LogP) is 5.17. The molecule has 94 valence electrons. The first-order valence-electron chi connectivity index (χ1n) is 5.50. The van der Waals surface area contributed by atoms with Gasteiger partial charge in [-0.1, -0.05) is 61.7 Å². The Morgan fingerprint density at radius 2 is 1.78 bits per heavy atom.